The van der Waals surface area contributed by atoms with Crippen molar-refractivity contribution in [3.63, 3.8) is 0 Å². The predicted molar refractivity (Wildman–Crippen MR) is 81.3 cm³/mol. The molecule has 0 fully saturated rings. The minimum Gasteiger partial charge on any atom is -0.380 e. The highest BCUT2D eigenvalue weighted by Gasteiger charge is 2.19. The summed E-state index contributed by atoms with van der Waals surface area (Å²) in [5, 5.41) is 14.2. The van der Waals surface area contributed by atoms with E-state index in [1.54, 1.807) is 25.3 Å². The summed E-state index contributed by atoms with van der Waals surface area (Å²) < 4.78 is 5.07. The summed E-state index contributed by atoms with van der Waals surface area (Å²) in [7, 11) is 1.61. The summed E-state index contributed by atoms with van der Waals surface area (Å²) in [6.45, 7) is 0.474. The van der Waals surface area contributed by atoms with Crippen LogP contribution in [0, 0.1) is 10.1 Å². The van der Waals surface area contributed by atoms with Crippen molar-refractivity contribution in [2.24, 2.45) is 5.84 Å². The zero-order chi connectivity index (χ0) is 15.2. The first-order chi connectivity index (χ1) is 10.2. The zero-order valence-electron chi connectivity index (χ0n) is 11.5. The monoisotopic (exact) mass is 288 g/mol. The summed E-state index contributed by atoms with van der Waals surface area (Å²) in [5.41, 5.74) is 4.56. The Morgan fingerprint density at radius 2 is 1.95 bits per heavy atom. The lowest BCUT2D eigenvalue weighted by Crippen LogP contribution is -2.10. The first-order valence-corrected chi connectivity index (χ1v) is 6.24. The molecular weight excluding hydrogens is 272 g/mol. The molecule has 0 aliphatic carbocycles. The molecule has 0 unspecified atom stereocenters. The van der Waals surface area contributed by atoms with Crippen molar-refractivity contribution in [3.8, 4) is 0 Å². The Balaban J connectivity index is 2.35. The molecule has 0 aliphatic rings. The van der Waals surface area contributed by atoms with Crippen LogP contribution in [0.15, 0.2) is 42.5 Å². The van der Waals surface area contributed by atoms with Gasteiger partial charge in [-0.15, -0.1) is 0 Å². The summed E-state index contributed by atoms with van der Waals surface area (Å²) in [6.07, 6.45) is 0. The Morgan fingerprint density at radius 1 is 1.24 bits per heavy atom. The van der Waals surface area contributed by atoms with Crippen molar-refractivity contribution in [1.82, 2.24) is 0 Å². The Labute approximate surface area is 121 Å². The fourth-order valence-electron chi connectivity index (χ4n) is 2.02. The van der Waals surface area contributed by atoms with E-state index >= 15 is 0 Å². The molecular formula is C14H16N4O3. The van der Waals surface area contributed by atoms with Crippen molar-refractivity contribution < 1.29 is 9.66 Å². The minimum absolute atomic E-state index is 0.0999. The second kappa shape index (κ2) is 6.69. The van der Waals surface area contributed by atoms with E-state index in [9.17, 15) is 10.1 Å². The van der Waals surface area contributed by atoms with Gasteiger partial charge >= 0.3 is 5.69 Å². The summed E-state index contributed by atoms with van der Waals surface area (Å²) >= 11 is 0. The third-order valence-electron chi connectivity index (χ3n) is 2.89. The maximum atomic E-state index is 11.2. The van der Waals surface area contributed by atoms with E-state index in [1.165, 1.54) is 0 Å². The number of nitro benzene ring substituents is 1. The number of nitrogens with one attached hydrogen (secondary N) is 2. The molecule has 4 N–H and O–H groups in total. The van der Waals surface area contributed by atoms with Crippen molar-refractivity contribution >= 4 is 22.7 Å². The van der Waals surface area contributed by atoms with Crippen LogP contribution >= 0.6 is 0 Å². The first kappa shape index (κ1) is 14.8. The second-order valence-electron chi connectivity index (χ2n) is 4.36. The van der Waals surface area contributed by atoms with Crippen molar-refractivity contribution in [1.29, 1.82) is 0 Å². The fraction of sp³-hybridized carbons (Fsp3) is 0.143. The van der Waals surface area contributed by atoms with Crippen LogP contribution < -0.4 is 16.6 Å². The Hall–Kier alpha value is -2.64. The van der Waals surface area contributed by atoms with Gasteiger partial charge in [0, 0.05) is 12.8 Å². The molecule has 7 nitrogen and oxygen atoms in total. The third kappa shape index (κ3) is 3.47. The molecule has 2 aromatic carbocycles. The van der Waals surface area contributed by atoms with Crippen molar-refractivity contribution in [2.45, 2.75) is 6.61 Å². The lowest BCUT2D eigenvalue weighted by atomic mass is 10.2. The third-order valence-corrected chi connectivity index (χ3v) is 2.89. The molecule has 21 heavy (non-hydrogen) atoms. The lowest BCUT2D eigenvalue weighted by Gasteiger charge is -2.11. The van der Waals surface area contributed by atoms with Gasteiger partial charge in [0.1, 0.15) is 11.4 Å². The lowest BCUT2D eigenvalue weighted by molar-refractivity contribution is -0.383. The predicted octanol–water partition coefficient (Wildman–Crippen LogP) is 2.77. The normalized spacial score (nSPS) is 10.2. The molecule has 0 saturated carbocycles. The number of ether oxygens (including phenoxy) is 1. The van der Waals surface area contributed by atoms with Gasteiger partial charge in [0.15, 0.2) is 0 Å². The van der Waals surface area contributed by atoms with Crippen LogP contribution in [-0.2, 0) is 11.3 Å². The van der Waals surface area contributed by atoms with Crippen LogP contribution in [0.5, 0.6) is 0 Å². The van der Waals surface area contributed by atoms with E-state index in [2.05, 4.69) is 10.7 Å². The molecule has 0 saturated heterocycles. The molecule has 0 spiro atoms. The van der Waals surface area contributed by atoms with Gasteiger partial charge in [0.2, 0.25) is 0 Å². The topological polar surface area (TPSA) is 102 Å². The zero-order valence-corrected chi connectivity index (χ0v) is 11.5. The highest BCUT2D eigenvalue weighted by Crippen LogP contribution is 2.34. The molecule has 110 valence electrons. The largest absolute Gasteiger partial charge is 0.380 e. The van der Waals surface area contributed by atoms with E-state index < -0.39 is 4.92 Å². The average molecular weight is 288 g/mol. The minimum atomic E-state index is -0.476. The maximum Gasteiger partial charge on any atom is 0.316 e. The van der Waals surface area contributed by atoms with Gasteiger partial charge in [0.25, 0.3) is 0 Å². The van der Waals surface area contributed by atoms with Crippen LogP contribution in [-0.4, -0.2) is 12.0 Å². The smallest absolute Gasteiger partial charge is 0.316 e. The van der Waals surface area contributed by atoms with Crippen LogP contribution in [0.1, 0.15) is 5.56 Å². The van der Waals surface area contributed by atoms with Crippen LogP contribution in [0.2, 0.25) is 0 Å². The molecule has 0 radical (unpaired) electrons. The number of nitro groups is 1. The van der Waals surface area contributed by atoms with Gasteiger partial charge < -0.3 is 15.5 Å². The molecule has 0 amide bonds. The van der Waals surface area contributed by atoms with Gasteiger partial charge in [-0.25, -0.2) is 0 Å². The molecule has 2 rings (SSSR count). The number of anilines is 3. The highest BCUT2D eigenvalue weighted by molar-refractivity contribution is 5.79. The summed E-state index contributed by atoms with van der Waals surface area (Å²) in [4.78, 5) is 10.7. The van der Waals surface area contributed by atoms with Crippen LogP contribution in [0.25, 0.3) is 0 Å². The summed E-state index contributed by atoms with van der Waals surface area (Å²) in [6, 6.07) is 12.3. The number of hydrogen-bond donors (Lipinski definition) is 3. The van der Waals surface area contributed by atoms with Gasteiger partial charge in [-0.2, -0.15) is 0 Å². The van der Waals surface area contributed by atoms with Gasteiger partial charge in [0.05, 0.1) is 11.5 Å². The molecule has 0 aromatic heterocycles. The highest BCUT2D eigenvalue weighted by atomic mass is 16.6. The number of nitrogens with zero attached hydrogens (tertiary/aromatic N) is 1. The Morgan fingerprint density at radius 3 is 2.62 bits per heavy atom. The van der Waals surface area contributed by atoms with Crippen molar-refractivity contribution in [2.75, 3.05) is 17.9 Å². The number of hydrazine groups is 1. The van der Waals surface area contributed by atoms with Gasteiger partial charge in [-0.1, -0.05) is 18.2 Å². The number of benzene rings is 2. The molecule has 0 bridgehead atoms. The maximum absolute atomic E-state index is 11.2. The fourth-order valence-corrected chi connectivity index (χ4v) is 2.02. The number of hydrogen-bond acceptors (Lipinski definition) is 6. The molecule has 0 heterocycles. The van der Waals surface area contributed by atoms with Crippen LogP contribution in [0.4, 0.5) is 22.7 Å². The molecule has 2 aromatic rings. The van der Waals surface area contributed by atoms with E-state index in [4.69, 9.17) is 10.6 Å². The first-order valence-electron chi connectivity index (χ1n) is 6.24. The SMILES string of the molecule is COCc1cccc(Nc2cccc(NN)c2[N+](=O)[O-])c1. The van der Waals surface area contributed by atoms with Crippen LogP contribution in [0.3, 0.4) is 0 Å². The number of nitrogens with two attached hydrogens (primary N) is 1. The number of rotatable bonds is 6. The molecule has 7 heteroatoms. The van der Waals surface area contributed by atoms with E-state index in [-0.39, 0.29) is 11.4 Å². The van der Waals surface area contributed by atoms with E-state index in [0.29, 0.717) is 12.3 Å². The second-order valence-corrected chi connectivity index (χ2v) is 4.36. The quantitative estimate of drug-likeness (QED) is 0.429. The Kier molecular flexibility index (Phi) is 4.70. The number of methoxy groups -OCH3 is 1. The summed E-state index contributed by atoms with van der Waals surface area (Å²) in [5.74, 6) is 5.32. The van der Waals surface area contributed by atoms with Gasteiger partial charge in [-0.3, -0.25) is 16.0 Å². The number of nitrogen functional groups attached to an aromatic ring is 1. The molecule has 0 atom stereocenters. The standard InChI is InChI=1S/C14H16N4O3/c1-21-9-10-4-2-5-11(8-10)16-12-6-3-7-13(17-15)14(12)18(19)20/h2-8,16-17H,9,15H2,1H3. The number of para-hydroxylation sites is 1. The Bertz CT molecular complexity index is 646. The van der Waals surface area contributed by atoms with Crippen molar-refractivity contribution in [3.05, 3.63) is 58.1 Å². The molecule has 0 aliphatic heterocycles. The van der Waals surface area contributed by atoms with E-state index in [1.807, 2.05) is 24.3 Å². The average Bonchev–Trinajstić information content (AvgIpc) is 2.47. The van der Waals surface area contributed by atoms with E-state index in [0.717, 1.165) is 11.3 Å². The van der Waals surface area contributed by atoms with Gasteiger partial charge in [-0.05, 0) is 29.8 Å².